The molecule has 6 nitrogen and oxygen atoms in total. The number of amides is 2. The van der Waals surface area contributed by atoms with Gasteiger partial charge in [0.25, 0.3) is 5.91 Å². The lowest BCUT2D eigenvalue weighted by atomic mass is 9.85. The molecule has 1 unspecified atom stereocenters. The number of carbonyl (C=O) groups excluding carboxylic acids is 2. The maximum atomic E-state index is 13.6. The molecule has 3 heterocycles. The second-order valence-corrected chi connectivity index (χ2v) is 8.60. The molecule has 1 spiro atoms. The summed E-state index contributed by atoms with van der Waals surface area (Å²) in [4.78, 5) is 36.7. The van der Waals surface area contributed by atoms with Gasteiger partial charge < -0.3 is 9.80 Å². The van der Waals surface area contributed by atoms with Crippen molar-refractivity contribution in [2.75, 3.05) is 31.6 Å². The topological polar surface area (TPSA) is 56.8 Å². The lowest BCUT2D eigenvalue weighted by molar-refractivity contribution is -0.146. The van der Waals surface area contributed by atoms with Gasteiger partial charge in [-0.05, 0) is 69.5 Å². The molecule has 1 aromatic carbocycles. The van der Waals surface area contributed by atoms with Gasteiger partial charge in [0, 0.05) is 37.7 Å². The van der Waals surface area contributed by atoms with E-state index >= 15 is 0 Å². The first kappa shape index (κ1) is 20.5. The van der Waals surface area contributed by atoms with Gasteiger partial charge in [-0.25, -0.2) is 0 Å². The van der Waals surface area contributed by atoms with Crippen LogP contribution in [0.1, 0.15) is 36.8 Å². The Labute approximate surface area is 178 Å². The van der Waals surface area contributed by atoms with Gasteiger partial charge in [0.15, 0.2) is 0 Å². The minimum absolute atomic E-state index is 0.0446. The summed E-state index contributed by atoms with van der Waals surface area (Å²) in [6.07, 6.45) is 6.84. The van der Waals surface area contributed by atoms with E-state index in [9.17, 15) is 9.59 Å². The number of piperidine rings is 1. The molecular formula is C24H30N4O2. The average Bonchev–Trinajstić information content (AvgIpc) is 3.16. The molecule has 2 aromatic rings. The number of pyridine rings is 1. The van der Waals surface area contributed by atoms with E-state index in [1.807, 2.05) is 65.1 Å². The molecule has 0 radical (unpaired) electrons. The maximum absolute atomic E-state index is 13.6. The van der Waals surface area contributed by atoms with E-state index < -0.39 is 5.54 Å². The van der Waals surface area contributed by atoms with Crippen molar-refractivity contribution in [3.8, 4) is 0 Å². The lowest BCUT2D eigenvalue weighted by Crippen LogP contribution is -2.62. The minimum atomic E-state index is -0.683. The Morgan fingerprint density at radius 1 is 1.07 bits per heavy atom. The first-order valence-electron chi connectivity index (χ1n) is 10.8. The Bertz CT molecular complexity index is 899. The number of aryl methyl sites for hydroxylation is 1. The molecule has 2 saturated heterocycles. The Morgan fingerprint density at radius 3 is 2.43 bits per heavy atom. The Hall–Kier alpha value is -2.73. The first-order valence-corrected chi connectivity index (χ1v) is 10.8. The van der Waals surface area contributed by atoms with Crippen molar-refractivity contribution >= 4 is 17.5 Å². The van der Waals surface area contributed by atoms with Gasteiger partial charge in [-0.1, -0.05) is 17.7 Å². The quantitative estimate of drug-likeness (QED) is 0.766. The van der Waals surface area contributed by atoms with Crippen LogP contribution in [0.3, 0.4) is 0 Å². The van der Waals surface area contributed by atoms with Gasteiger partial charge in [0.1, 0.15) is 5.54 Å². The van der Waals surface area contributed by atoms with Crippen LogP contribution in [-0.2, 0) is 16.1 Å². The van der Waals surface area contributed by atoms with Gasteiger partial charge in [0.05, 0.1) is 6.54 Å². The van der Waals surface area contributed by atoms with Crippen molar-refractivity contribution in [2.45, 2.75) is 44.7 Å². The third-order valence-electron chi connectivity index (χ3n) is 6.36. The zero-order valence-electron chi connectivity index (χ0n) is 17.9. The van der Waals surface area contributed by atoms with Crippen molar-refractivity contribution in [1.82, 2.24) is 14.8 Å². The Kier molecular flexibility index (Phi) is 5.86. The van der Waals surface area contributed by atoms with E-state index in [-0.39, 0.29) is 11.8 Å². The van der Waals surface area contributed by atoms with Crippen LogP contribution < -0.4 is 4.90 Å². The molecular weight excluding hydrogens is 376 g/mol. The number of rotatable bonds is 5. The molecule has 158 valence electrons. The van der Waals surface area contributed by atoms with Crippen molar-refractivity contribution < 1.29 is 9.59 Å². The fourth-order valence-corrected chi connectivity index (χ4v) is 4.86. The van der Waals surface area contributed by atoms with Crippen LogP contribution in [0.2, 0.25) is 0 Å². The van der Waals surface area contributed by atoms with E-state index in [0.29, 0.717) is 26.2 Å². The van der Waals surface area contributed by atoms with E-state index in [2.05, 4.69) is 4.98 Å². The lowest BCUT2D eigenvalue weighted by Gasteiger charge is -2.45. The van der Waals surface area contributed by atoms with Gasteiger partial charge in [-0.2, -0.15) is 0 Å². The summed E-state index contributed by atoms with van der Waals surface area (Å²) in [5.74, 6) is 0.128. The average molecular weight is 407 g/mol. The zero-order valence-corrected chi connectivity index (χ0v) is 17.9. The second-order valence-electron chi connectivity index (χ2n) is 8.60. The molecule has 0 N–H and O–H groups in total. The smallest absolute Gasteiger partial charge is 0.252 e. The van der Waals surface area contributed by atoms with E-state index in [1.54, 1.807) is 12.4 Å². The van der Waals surface area contributed by atoms with Crippen LogP contribution >= 0.6 is 0 Å². The van der Waals surface area contributed by atoms with Gasteiger partial charge in [-0.3, -0.25) is 19.5 Å². The number of aromatic nitrogens is 1. The van der Waals surface area contributed by atoms with Crippen LogP contribution in [-0.4, -0.2) is 58.8 Å². The predicted molar refractivity (Wildman–Crippen MR) is 117 cm³/mol. The monoisotopic (exact) mass is 406 g/mol. The molecule has 4 rings (SSSR count). The molecule has 6 heteroatoms. The number of likely N-dealkylation sites (N-methyl/N-ethyl adjacent to an activating group) is 1. The summed E-state index contributed by atoms with van der Waals surface area (Å²) in [6.45, 7) is 4.41. The minimum Gasteiger partial charge on any atom is -0.327 e. The van der Waals surface area contributed by atoms with Crippen LogP contribution in [0.4, 0.5) is 5.69 Å². The summed E-state index contributed by atoms with van der Waals surface area (Å²) in [7, 11) is 1.95. The van der Waals surface area contributed by atoms with Gasteiger partial charge in [-0.15, -0.1) is 0 Å². The Balaban J connectivity index is 1.49. The van der Waals surface area contributed by atoms with Gasteiger partial charge in [0.2, 0.25) is 5.91 Å². The predicted octanol–water partition coefficient (Wildman–Crippen LogP) is 3.01. The van der Waals surface area contributed by atoms with Crippen LogP contribution in [0.15, 0.2) is 48.8 Å². The number of hydrogen-bond acceptors (Lipinski definition) is 4. The highest BCUT2D eigenvalue weighted by molar-refractivity contribution is 6.03. The fraction of sp³-hybridized carbons (Fsp3) is 0.458. The molecule has 2 aliphatic heterocycles. The number of anilines is 1. The molecule has 2 amide bonds. The second kappa shape index (κ2) is 8.56. The van der Waals surface area contributed by atoms with E-state index in [4.69, 9.17) is 0 Å². The van der Waals surface area contributed by atoms with Crippen molar-refractivity contribution in [3.63, 3.8) is 0 Å². The van der Waals surface area contributed by atoms with Gasteiger partial charge >= 0.3 is 0 Å². The van der Waals surface area contributed by atoms with Crippen LogP contribution in [0.5, 0.6) is 0 Å². The van der Waals surface area contributed by atoms with Crippen LogP contribution in [0, 0.1) is 6.92 Å². The molecule has 1 aromatic heterocycles. The zero-order chi connectivity index (χ0) is 21.1. The SMILES string of the molecule is Cc1ccc(N2CCCC3(CCCN3C(=O)CN(C)Cc3ccncc3)C2=O)cc1. The summed E-state index contributed by atoms with van der Waals surface area (Å²) in [5.41, 5.74) is 2.54. The molecule has 2 aliphatic rings. The number of likely N-dealkylation sites (tertiary alicyclic amines) is 1. The van der Waals surface area contributed by atoms with Crippen LogP contribution in [0.25, 0.3) is 0 Å². The third kappa shape index (κ3) is 3.97. The first-order chi connectivity index (χ1) is 14.5. The molecule has 30 heavy (non-hydrogen) atoms. The molecule has 0 bridgehead atoms. The summed E-state index contributed by atoms with van der Waals surface area (Å²) in [6, 6.07) is 12.0. The van der Waals surface area contributed by atoms with Crippen molar-refractivity contribution in [1.29, 1.82) is 0 Å². The van der Waals surface area contributed by atoms with E-state index in [0.717, 1.165) is 36.9 Å². The number of hydrogen-bond donors (Lipinski definition) is 0. The highest BCUT2D eigenvalue weighted by Gasteiger charge is 2.52. The molecule has 1 atom stereocenters. The highest BCUT2D eigenvalue weighted by atomic mass is 16.2. The largest absolute Gasteiger partial charge is 0.327 e. The molecule has 0 aliphatic carbocycles. The third-order valence-corrected chi connectivity index (χ3v) is 6.36. The van der Waals surface area contributed by atoms with Crippen molar-refractivity contribution in [3.05, 3.63) is 59.9 Å². The highest BCUT2D eigenvalue weighted by Crippen LogP contribution is 2.39. The van der Waals surface area contributed by atoms with Crippen molar-refractivity contribution in [2.24, 2.45) is 0 Å². The molecule has 0 saturated carbocycles. The summed E-state index contributed by atoms with van der Waals surface area (Å²) >= 11 is 0. The Morgan fingerprint density at radius 2 is 1.73 bits per heavy atom. The van der Waals surface area contributed by atoms with E-state index in [1.165, 1.54) is 5.56 Å². The normalized spacial score (nSPS) is 21.6. The maximum Gasteiger partial charge on any atom is 0.252 e. The number of nitrogens with zero attached hydrogens (tertiary/aromatic N) is 4. The number of benzene rings is 1. The fourth-order valence-electron chi connectivity index (χ4n) is 4.86. The molecule has 2 fully saturated rings. The summed E-state index contributed by atoms with van der Waals surface area (Å²) in [5, 5.41) is 0. The standard InChI is InChI=1S/C24H30N4O2/c1-19-5-7-21(8-6-19)27-15-3-11-24(23(27)30)12-4-16-28(24)22(29)18-26(2)17-20-9-13-25-14-10-20/h5-10,13-14H,3-4,11-12,15-18H2,1-2H3. The summed E-state index contributed by atoms with van der Waals surface area (Å²) < 4.78 is 0. The number of carbonyl (C=O) groups is 2.